The largest absolute Gasteiger partial charge is 0.462 e. The number of hydrogen-bond donors (Lipinski definition) is 3. The van der Waals surface area contributed by atoms with Gasteiger partial charge in [0.15, 0.2) is 0 Å². The summed E-state index contributed by atoms with van der Waals surface area (Å²) in [6.07, 6.45) is -1.48. The van der Waals surface area contributed by atoms with E-state index >= 15 is 0 Å². The molecule has 0 radical (unpaired) electrons. The monoisotopic (exact) mass is 804 g/mol. The van der Waals surface area contributed by atoms with Crippen LogP contribution in [-0.2, 0) is 75.6 Å². The maximum Gasteiger partial charge on any atom is 0.350 e. The predicted molar refractivity (Wildman–Crippen MR) is 184 cm³/mol. The highest BCUT2D eigenvalue weighted by atomic mass is 16.6. The van der Waals surface area contributed by atoms with E-state index in [0.717, 1.165) is 0 Å². The van der Waals surface area contributed by atoms with Gasteiger partial charge < -0.3 is 39.0 Å². The Kier molecular flexibility index (Phi) is 18.2. The molecule has 0 aliphatic rings. The molecule has 56 heavy (non-hydrogen) atoms. The van der Waals surface area contributed by atoms with Gasteiger partial charge in [0.2, 0.25) is 0 Å². The van der Waals surface area contributed by atoms with Crippen LogP contribution in [0.1, 0.15) is 27.7 Å². The number of aliphatic hydroxyl groups excluding tert-OH is 3. The molecule has 0 saturated heterocycles. The topological polar surface area (TPSA) is 328 Å². The number of nitro groups is 1. The fourth-order valence-electron chi connectivity index (χ4n) is 4.28. The van der Waals surface area contributed by atoms with Gasteiger partial charge in [-0.2, -0.15) is 0 Å². The van der Waals surface area contributed by atoms with E-state index in [2.05, 4.69) is 0 Å². The third kappa shape index (κ3) is 13.5. The first-order valence-electron chi connectivity index (χ1n) is 16.9. The quantitative estimate of drug-likeness (QED) is 0.0411. The van der Waals surface area contributed by atoms with E-state index in [1.807, 2.05) is 0 Å². The molecular weight excluding hydrogens is 760 g/mol. The molecule has 0 spiro atoms. The lowest BCUT2D eigenvalue weighted by Crippen LogP contribution is -2.55. The third-order valence-corrected chi connectivity index (χ3v) is 7.68. The summed E-state index contributed by atoms with van der Waals surface area (Å²) < 4.78 is 26.3. The molecule has 0 aliphatic carbocycles. The van der Waals surface area contributed by atoms with Crippen molar-refractivity contribution in [2.24, 2.45) is 11.8 Å². The number of ether oxygens (including phenoxy) is 5. The summed E-state index contributed by atoms with van der Waals surface area (Å²) in [6.45, 7) is -1.63. The van der Waals surface area contributed by atoms with E-state index in [4.69, 9.17) is 23.7 Å². The molecule has 0 fully saturated rings. The second-order valence-electron chi connectivity index (χ2n) is 12.5. The van der Waals surface area contributed by atoms with E-state index in [1.165, 1.54) is 0 Å². The lowest BCUT2D eigenvalue weighted by atomic mass is 10.1. The standard InChI is InChI=1S/C31H44N6O19/c1-18(2)21(39)14-55-23(41)12-32-11-20(37(50)51)27(45)36(28(32)46)13-24(42)53-9-6-34-29(47)33(5-8-38)30(48)35(31(34)49)7-10-54-25(43)16-52-17-26(44)56-15-22(40)19(3)4/h11,18-19,21-22,38-40H,5-10,12-17H2,1-4H3. The van der Waals surface area contributed by atoms with Crippen LogP contribution in [0.15, 0.2) is 30.2 Å². The molecule has 2 aromatic rings. The Morgan fingerprint density at radius 1 is 0.661 bits per heavy atom. The van der Waals surface area contributed by atoms with Crippen LogP contribution in [0, 0.1) is 22.0 Å². The second kappa shape index (κ2) is 21.9. The van der Waals surface area contributed by atoms with E-state index < -0.39 is 147 Å². The van der Waals surface area contributed by atoms with Gasteiger partial charge in [-0.15, -0.1) is 0 Å². The zero-order valence-corrected chi connectivity index (χ0v) is 30.9. The van der Waals surface area contributed by atoms with Crippen molar-refractivity contribution in [1.82, 2.24) is 22.8 Å². The van der Waals surface area contributed by atoms with Crippen molar-refractivity contribution in [3.8, 4) is 0 Å². The van der Waals surface area contributed by atoms with Crippen LogP contribution in [-0.4, -0.2) is 125 Å². The average Bonchev–Trinajstić information content (AvgIpc) is 3.13. The van der Waals surface area contributed by atoms with Crippen LogP contribution in [0.3, 0.4) is 0 Å². The van der Waals surface area contributed by atoms with Crippen molar-refractivity contribution in [2.45, 2.75) is 72.6 Å². The van der Waals surface area contributed by atoms with E-state index in [0.29, 0.717) is 24.5 Å². The first kappa shape index (κ1) is 46.4. The number of rotatable bonds is 23. The minimum absolute atomic E-state index is 0.106. The first-order chi connectivity index (χ1) is 26.3. The van der Waals surface area contributed by atoms with Crippen LogP contribution in [0.5, 0.6) is 0 Å². The first-order valence-corrected chi connectivity index (χ1v) is 16.9. The molecule has 2 atom stereocenters. The number of aromatic nitrogens is 5. The van der Waals surface area contributed by atoms with Crippen LogP contribution in [0.25, 0.3) is 0 Å². The molecule has 0 amide bonds. The maximum atomic E-state index is 13.1. The molecule has 2 unspecified atom stereocenters. The van der Waals surface area contributed by atoms with Crippen molar-refractivity contribution < 1.29 is 63.1 Å². The van der Waals surface area contributed by atoms with Crippen molar-refractivity contribution in [3.05, 3.63) is 68.6 Å². The summed E-state index contributed by atoms with van der Waals surface area (Å²) in [5, 5.41) is 40.3. The fourth-order valence-corrected chi connectivity index (χ4v) is 4.28. The molecule has 2 heterocycles. The third-order valence-electron chi connectivity index (χ3n) is 7.68. The molecule has 0 saturated carbocycles. The van der Waals surface area contributed by atoms with Gasteiger partial charge in [-0.25, -0.2) is 47.0 Å². The number of aliphatic hydroxyl groups is 3. The normalized spacial score (nSPS) is 12.3. The minimum Gasteiger partial charge on any atom is -0.462 e. The van der Waals surface area contributed by atoms with Crippen molar-refractivity contribution in [1.29, 1.82) is 0 Å². The second-order valence-corrected chi connectivity index (χ2v) is 12.5. The lowest BCUT2D eigenvalue weighted by Gasteiger charge is -2.15. The summed E-state index contributed by atoms with van der Waals surface area (Å²) in [5.74, 6) is -4.80. The number of nitrogens with zero attached hydrogens (tertiary/aromatic N) is 6. The van der Waals surface area contributed by atoms with E-state index in [-0.39, 0.29) is 23.0 Å². The fraction of sp³-hybridized carbons (Fsp3) is 0.645. The number of esters is 4. The molecule has 0 aromatic carbocycles. The van der Waals surface area contributed by atoms with Crippen molar-refractivity contribution >= 4 is 29.6 Å². The Balaban J connectivity index is 2.13. The molecular formula is C31H44N6O19. The van der Waals surface area contributed by atoms with Crippen LogP contribution >= 0.6 is 0 Å². The van der Waals surface area contributed by atoms with Crippen LogP contribution < -0.4 is 28.3 Å². The molecule has 2 rings (SSSR count). The molecule has 2 aromatic heterocycles. The Labute approximate surface area is 314 Å². The Bertz CT molecular complexity index is 2020. The van der Waals surface area contributed by atoms with Crippen molar-refractivity contribution in [3.63, 3.8) is 0 Å². The highest BCUT2D eigenvalue weighted by Gasteiger charge is 2.24. The Morgan fingerprint density at radius 2 is 1.09 bits per heavy atom. The van der Waals surface area contributed by atoms with Gasteiger partial charge in [-0.05, 0) is 11.8 Å². The Morgan fingerprint density at radius 3 is 1.55 bits per heavy atom. The molecule has 25 nitrogen and oxygen atoms in total. The minimum atomic E-state index is -1.53. The summed E-state index contributed by atoms with van der Waals surface area (Å²) in [5.41, 5.74) is -7.74. The van der Waals surface area contributed by atoms with Gasteiger partial charge in [0.05, 0.1) is 49.6 Å². The highest BCUT2D eigenvalue weighted by Crippen LogP contribution is 2.04. The average molecular weight is 805 g/mol. The molecule has 312 valence electrons. The zero-order chi connectivity index (χ0) is 42.3. The lowest BCUT2D eigenvalue weighted by molar-refractivity contribution is -0.387. The summed E-state index contributed by atoms with van der Waals surface area (Å²) >= 11 is 0. The van der Waals surface area contributed by atoms with Gasteiger partial charge in [-0.1, -0.05) is 27.7 Å². The smallest absolute Gasteiger partial charge is 0.350 e. The molecule has 0 bridgehead atoms. The summed E-state index contributed by atoms with van der Waals surface area (Å²) in [6, 6.07) is 0. The van der Waals surface area contributed by atoms with E-state index in [9.17, 15) is 68.6 Å². The number of carbonyl (C=O) groups is 4. The van der Waals surface area contributed by atoms with Crippen molar-refractivity contribution in [2.75, 3.05) is 46.2 Å². The molecule has 3 N–H and O–H groups in total. The molecule has 25 heteroatoms. The van der Waals surface area contributed by atoms with Crippen LogP contribution in [0.2, 0.25) is 0 Å². The Hall–Kier alpha value is -5.79. The van der Waals surface area contributed by atoms with Gasteiger partial charge >= 0.3 is 57.9 Å². The zero-order valence-electron chi connectivity index (χ0n) is 30.9. The highest BCUT2D eigenvalue weighted by molar-refractivity contribution is 5.73. The SMILES string of the molecule is CC(C)C(O)COC(=O)COCC(=O)OCCn1c(=O)n(CCO)c(=O)n(CCOC(=O)Cn2c(=O)c([N+](=O)[O-])cn(CC(=O)OCC(O)C(C)C)c2=O)c1=O. The maximum absolute atomic E-state index is 13.1. The van der Waals surface area contributed by atoms with Crippen LogP contribution in [0.4, 0.5) is 5.69 Å². The summed E-state index contributed by atoms with van der Waals surface area (Å²) in [4.78, 5) is 123. The molecule has 0 aliphatic heterocycles. The predicted octanol–water partition coefficient (Wildman–Crippen LogP) is -4.68. The van der Waals surface area contributed by atoms with Gasteiger partial charge in [0.1, 0.15) is 52.7 Å². The van der Waals surface area contributed by atoms with E-state index in [1.54, 1.807) is 27.7 Å². The van der Waals surface area contributed by atoms with Gasteiger partial charge in [0, 0.05) is 0 Å². The number of hydrogen-bond acceptors (Lipinski definition) is 19. The summed E-state index contributed by atoms with van der Waals surface area (Å²) in [7, 11) is 0. The van der Waals surface area contributed by atoms with Gasteiger partial charge in [-0.3, -0.25) is 29.1 Å². The van der Waals surface area contributed by atoms with Gasteiger partial charge in [0.25, 0.3) is 0 Å². The number of carbonyl (C=O) groups excluding carboxylic acids is 4.